The van der Waals surface area contributed by atoms with Crippen molar-refractivity contribution < 1.29 is 14.3 Å². The summed E-state index contributed by atoms with van der Waals surface area (Å²) in [6, 6.07) is 1.45. The lowest BCUT2D eigenvalue weighted by atomic mass is 10.3. The molecule has 0 bridgehead atoms. The van der Waals surface area contributed by atoms with Crippen LogP contribution in [0.15, 0.2) is 22.4 Å². The predicted molar refractivity (Wildman–Crippen MR) is 85.5 cm³/mol. The lowest BCUT2D eigenvalue weighted by Gasteiger charge is -2.18. The average molecular weight is 338 g/mol. The predicted octanol–water partition coefficient (Wildman–Crippen LogP) is 0.851. The van der Waals surface area contributed by atoms with E-state index in [0.717, 1.165) is 0 Å². The zero-order valence-electron chi connectivity index (χ0n) is 12.9. The highest BCUT2D eigenvalue weighted by Crippen LogP contribution is 2.08. The standard InChI is InChI=1S/C14H18N4O4S/c1-3-17(9-11(19)16-14(21)22-4-2)8-10-7-12(20)18-5-6-23-13(18)15-10/h5-7H,3-4,8-9H2,1-2H3,(H,16,19,21). The minimum atomic E-state index is -0.759. The Kier molecular flexibility index (Phi) is 5.83. The Morgan fingerprint density at radius 2 is 2.22 bits per heavy atom. The Morgan fingerprint density at radius 1 is 1.43 bits per heavy atom. The fourth-order valence-electron chi connectivity index (χ4n) is 2.00. The molecule has 0 atom stereocenters. The van der Waals surface area contributed by atoms with Crippen LogP contribution in [-0.4, -0.2) is 46.0 Å². The summed E-state index contributed by atoms with van der Waals surface area (Å²) in [6.45, 7) is 4.67. The lowest BCUT2D eigenvalue weighted by Crippen LogP contribution is -2.40. The molecule has 0 radical (unpaired) electrons. The molecular weight excluding hydrogens is 320 g/mol. The van der Waals surface area contributed by atoms with Gasteiger partial charge in [0, 0.05) is 24.2 Å². The molecule has 1 N–H and O–H groups in total. The van der Waals surface area contributed by atoms with Crippen LogP contribution in [0.2, 0.25) is 0 Å². The summed E-state index contributed by atoms with van der Waals surface area (Å²) < 4.78 is 6.13. The topological polar surface area (TPSA) is 93.0 Å². The number of rotatable bonds is 6. The van der Waals surface area contributed by atoms with Crippen LogP contribution in [0.25, 0.3) is 4.96 Å². The highest BCUT2D eigenvalue weighted by molar-refractivity contribution is 7.15. The maximum absolute atomic E-state index is 11.9. The van der Waals surface area contributed by atoms with Gasteiger partial charge in [-0.2, -0.15) is 0 Å². The average Bonchev–Trinajstić information content (AvgIpc) is 2.95. The zero-order valence-corrected chi connectivity index (χ0v) is 13.8. The molecule has 0 saturated carbocycles. The minimum absolute atomic E-state index is 0.0147. The van der Waals surface area contributed by atoms with Crippen LogP contribution >= 0.6 is 11.3 Å². The maximum Gasteiger partial charge on any atom is 0.413 e. The van der Waals surface area contributed by atoms with Crippen molar-refractivity contribution in [1.82, 2.24) is 19.6 Å². The number of aromatic nitrogens is 2. The smallest absolute Gasteiger partial charge is 0.413 e. The number of likely N-dealkylation sites (N-methyl/N-ethyl adjacent to an activating group) is 1. The van der Waals surface area contributed by atoms with Crippen LogP contribution in [0, 0.1) is 0 Å². The van der Waals surface area contributed by atoms with Gasteiger partial charge in [-0.25, -0.2) is 9.78 Å². The molecule has 2 amide bonds. The van der Waals surface area contributed by atoms with E-state index in [0.29, 0.717) is 23.7 Å². The van der Waals surface area contributed by atoms with E-state index in [-0.39, 0.29) is 18.7 Å². The zero-order chi connectivity index (χ0) is 16.8. The lowest BCUT2D eigenvalue weighted by molar-refractivity contribution is -0.121. The molecule has 0 unspecified atom stereocenters. The summed E-state index contributed by atoms with van der Waals surface area (Å²) in [7, 11) is 0. The number of thiazole rings is 1. The van der Waals surface area contributed by atoms with Crippen molar-refractivity contribution in [1.29, 1.82) is 0 Å². The summed E-state index contributed by atoms with van der Waals surface area (Å²) in [4.78, 5) is 41.7. The van der Waals surface area contributed by atoms with Crippen molar-refractivity contribution in [2.24, 2.45) is 0 Å². The van der Waals surface area contributed by atoms with Crippen LogP contribution in [0.1, 0.15) is 19.5 Å². The number of fused-ring (bicyclic) bond motifs is 1. The Labute approximate surface area is 136 Å². The van der Waals surface area contributed by atoms with Gasteiger partial charge in [-0.1, -0.05) is 6.92 Å². The van der Waals surface area contributed by atoms with E-state index >= 15 is 0 Å². The second-order valence-corrected chi connectivity index (χ2v) is 5.59. The van der Waals surface area contributed by atoms with Gasteiger partial charge in [0.15, 0.2) is 4.96 Å². The highest BCUT2D eigenvalue weighted by Gasteiger charge is 2.14. The van der Waals surface area contributed by atoms with Crippen molar-refractivity contribution in [2.45, 2.75) is 20.4 Å². The number of hydrogen-bond acceptors (Lipinski definition) is 7. The van der Waals surface area contributed by atoms with E-state index in [9.17, 15) is 14.4 Å². The second-order valence-electron chi connectivity index (χ2n) is 4.71. The number of carbonyl (C=O) groups excluding carboxylic acids is 2. The number of carbonyl (C=O) groups is 2. The second kappa shape index (κ2) is 7.84. The fraction of sp³-hybridized carbons (Fsp3) is 0.429. The Balaban J connectivity index is 2.01. The third kappa shape index (κ3) is 4.60. The number of ether oxygens (including phenoxy) is 1. The molecule has 0 aliphatic heterocycles. The van der Waals surface area contributed by atoms with Crippen LogP contribution in [0.3, 0.4) is 0 Å². The number of nitrogens with zero attached hydrogens (tertiary/aromatic N) is 3. The van der Waals surface area contributed by atoms with E-state index < -0.39 is 12.0 Å². The SMILES string of the molecule is CCOC(=O)NC(=O)CN(CC)Cc1cc(=O)n2ccsc2n1. The van der Waals surface area contributed by atoms with Crippen LogP contribution in [0.4, 0.5) is 4.79 Å². The molecule has 0 aromatic carbocycles. The monoisotopic (exact) mass is 338 g/mol. The molecule has 0 fully saturated rings. The van der Waals surface area contributed by atoms with Crippen LogP contribution in [-0.2, 0) is 16.1 Å². The summed E-state index contributed by atoms with van der Waals surface area (Å²) in [5.74, 6) is -0.459. The van der Waals surface area contributed by atoms with Gasteiger partial charge < -0.3 is 4.74 Å². The van der Waals surface area contributed by atoms with Gasteiger partial charge in [-0.3, -0.25) is 24.2 Å². The van der Waals surface area contributed by atoms with E-state index in [1.54, 1.807) is 23.4 Å². The summed E-state index contributed by atoms with van der Waals surface area (Å²) in [6.07, 6.45) is 0.911. The van der Waals surface area contributed by atoms with Gasteiger partial charge in [0.05, 0.1) is 18.8 Å². The van der Waals surface area contributed by atoms with E-state index in [1.807, 2.05) is 6.92 Å². The van der Waals surface area contributed by atoms with Crippen molar-refractivity contribution in [3.8, 4) is 0 Å². The van der Waals surface area contributed by atoms with Gasteiger partial charge in [0.2, 0.25) is 5.91 Å². The number of alkyl carbamates (subject to hydrolysis) is 1. The van der Waals surface area contributed by atoms with Crippen molar-refractivity contribution in [3.63, 3.8) is 0 Å². The molecule has 8 nitrogen and oxygen atoms in total. The van der Waals surface area contributed by atoms with Crippen molar-refractivity contribution in [2.75, 3.05) is 19.7 Å². The van der Waals surface area contributed by atoms with Gasteiger partial charge in [-0.05, 0) is 13.5 Å². The molecule has 0 aliphatic rings. The normalized spacial score (nSPS) is 10.9. The van der Waals surface area contributed by atoms with Gasteiger partial charge in [-0.15, -0.1) is 11.3 Å². The first-order valence-electron chi connectivity index (χ1n) is 7.18. The molecule has 0 aliphatic carbocycles. The van der Waals surface area contributed by atoms with Crippen LogP contribution in [0.5, 0.6) is 0 Å². The maximum atomic E-state index is 11.9. The first-order chi connectivity index (χ1) is 11.0. The van der Waals surface area contributed by atoms with Crippen molar-refractivity contribution >= 4 is 28.3 Å². The van der Waals surface area contributed by atoms with Gasteiger partial charge in [0.25, 0.3) is 5.56 Å². The number of nitrogens with one attached hydrogen (secondary N) is 1. The summed E-state index contributed by atoms with van der Waals surface area (Å²) >= 11 is 1.37. The van der Waals surface area contributed by atoms with E-state index in [4.69, 9.17) is 0 Å². The van der Waals surface area contributed by atoms with Crippen molar-refractivity contribution in [3.05, 3.63) is 33.7 Å². The molecule has 2 rings (SSSR count). The first kappa shape index (κ1) is 17.1. The van der Waals surface area contributed by atoms with Gasteiger partial charge >= 0.3 is 6.09 Å². The van der Waals surface area contributed by atoms with Crippen LogP contribution < -0.4 is 10.9 Å². The Morgan fingerprint density at radius 3 is 2.91 bits per heavy atom. The quantitative estimate of drug-likeness (QED) is 0.839. The Hall–Kier alpha value is -2.26. The van der Waals surface area contributed by atoms with E-state index in [1.165, 1.54) is 21.8 Å². The van der Waals surface area contributed by atoms with E-state index in [2.05, 4.69) is 15.0 Å². The molecule has 23 heavy (non-hydrogen) atoms. The molecule has 9 heteroatoms. The third-order valence-electron chi connectivity index (χ3n) is 3.07. The number of imide groups is 1. The van der Waals surface area contributed by atoms with Gasteiger partial charge in [0.1, 0.15) is 0 Å². The molecule has 124 valence electrons. The molecular formula is C14H18N4O4S. The number of amides is 2. The fourth-order valence-corrected chi connectivity index (χ4v) is 2.74. The highest BCUT2D eigenvalue weighted by atomic mass is 32.1. The molecule has 0 saturated heterocycles. The summed E-state index contributed by atoms with van der Waals surface area (Å²) in [5, 5.41) is 3.93. The largest absolute Gasteiger partial charge is 0.450 e. The Bertz CT molecular complexity index is 755. The molecule has 0 spiro atoms. The first-order valence-corrected chi connectivity index (χ1v) is 8.06. The minimum Gasteiger partial charge on any atom is -0.450 e. The third-order valence-corrected chi connectivity index (χ3v) is 3.83. The molecule has 2 aromatic heterocycles. The number of hydrogen-bond donors (Lipinski definition) is 1. The molecule has 2 aromatic rings. The summed E-state index contributed by atoms with van der Waals surface area (Å²) in [5.41, 5.74) is 0.432. The molecule has 2 heterocycles.